The van der Waals surface area contributed by atoms with Crippen LogP contribution in [-0.2, 0) is 4.79 Å². The molecule has 0 aromatic carbocycles. The topological polar surface area (TPSA) is 78.4 Å². The summed E-state index contributed by atoms with van der Waals surface area (Å²) in [7, 11) is 0. The third kappa shape index (κ3) is 4.35. The van der Waals surface area contributed by atoms with Crippen molar-refractivity contribution in [3.63, 3.8) is 0 Å². The Morgan fingerprint density at radius 1 is 1.24 bits per heavy atom. The Hall–Kier alpha value is -1.26. The largest absolute Gasteiger partial charge is 0.481 e. The maximum absolute atomic E-state index is 12.1. The minimum atomic E-state index is -0.862. The average Bonchev–Trinajstić information content (AvgIpc) is 2.42. The van der Waals surface area contributed by atoms with Crippen molar-refractivity contribution in [3.05, 3.63) is 0 Å². The van der Waals surface area contributed by atoms with Crippen LogP contribution in [0.3, 0.4) is 0 Å². The normalized spacial score (nSPS) is 21.6. The first kappa shape index (κ1) is 17.8. The third-order valence-corrected chi connectivity index (χ3v) is 5.21. The number of nitrogens with one attached hydrogen (secondary N) is 2. The van der Waals surface area contributed by atoms with Crippen LogP contribution in [0.25, 0.3) is 0 Å². The van der Waals surface area contributed by atoms with E-state index in [2.05, 4.69) is 24.5 Å². The lowest BCUT2D eigenvalue weighted by atomic mass is 9.73. The summed E-state index contributed by atoms with van der Waals surface area (Å²) >= 11 is 0. The fourth-order valence-corrected chi connectivity index (χ4v) is 3.10. The van der Waals surface area contributed by atoms with Gasteiger partial charge in [0.25, 0.3) is 0 Å². The number of hydrogen-bond acceptors (Lipinski definition) is 2. The zero-order valence-corrected chi connectivity index (χ0v) is 13.8. The number of amides is 2. The molecule has 0 heterocycles. The predicted octanol–water partition coefficient (Wildman–Crippen LogP) is 3.15. The minimum absolute atomic E-state index is 0.106. The minimum Gasteiger partial charge on any atom is -0.481 e. The highest BCUT2D eigenvalue weighted by molar-refractivity contribution is 5.78. The quantitative estimate of drug-likeness (QED) is 0.705. The van der Waals surface area contributed by atoms with Gasteiger partial charge in [-0.3, -0.25) is 4.79 Å². The highest BCUT2D eigenvalue weighted by Crippen LogP contribution is 2.35. The van der Waals surface area contributed by atoms with Gasteiger partial charge in [-0.25, -0.2) is 4.79 Å². The molecule has 122 valence electrons. The Kier molecular flexibility index (Phi) is 6.05. The van der Waals surface area contributed by atoms with E-state index < -0.39 is 11.4 Å². The Labute approximate surface area is 127 Å². The molecule has 1 rings (SSSR count). The molecule has 0 aliphatic heterocycles. The van der Waals surface area contributed by atoms with E-state index >= 15 is 0 Å². The zero-order chi connectivity index (χ0) is 16.1. The van der Waals surface area contributed by atoms with Crippen LogP contribution in [0.1, 0.15) is 66.2 Å². The van der Waals surface area contributed by atoms with Gasteiger partial charge in [0.15, 0.2) is 0 Å². The summed E-state index contributed by atoms with van der Waals surface area (Å²) in [4.78, 5) is 23.5. The molecule has 1 aliphatic carbocycles. The monoisotopic (exact) mass is 298 g/mol. The molecule has 1 saturated carbocycles. The fraction of sp³-hybridized carbons (Fsp3) is 0.875. The summed E-state index contributed by atoms with van der Waals surface area (Å²) in [6.07, 6.45) is 5.47. The van der Waals surface area contributed by atoms with E-state index in [1.807, 2.05) is 13.8 Å². The van der Waals surface area contributed by atoms with Gasteiger partial charge in [0, 0.05) is 12.6 Å². The van der Waals surface area contributed by atoms with E-state index in [1.54, 1.807) is 0 Å². The van der Waals surface area contributed by atoms with Gasteiger partial charge in [0.1, 0.15) is 0 Å². The predicted molar refractivity (Wildman–Crippen MR) is 83.2 cm³/mol. The Morgan fingerprint density at radius 3 is 2.33 bits per heavy atom. The van der Waals surface area contributed by atoms with Crippen LogP contribution in [0.2, 0.25) is 0 Å². The van der Waals surface area contributed by atoms with Crippen molar-refractivity contribution in [1.82, 2.24) is 10.6 Å². The molecule has 3 N–H and O–H groups in total. The van der Waals surface area contributed by atoms with Crippen LogP contribution in [0.4, 0.5) is 4.79 Å². The second-order valence-electron chi connectivity index (χ2n) is 6.91. The van der Waals surface area contributed by atoms with Gasteiger partial charge >= 0.3 is 12.0 Å². The number of carboxylic acid groups (broad SMARTS) is 1. The van der Waals surface area contributed by atoms with Crippen LogP contribution >= 0.6 is 0 Å². The van der Waals surface area contributed by atoms with E-state index in [0.29, 0.717) is 12.8 Å². The molecule has 5 nitrogen and oxygen atoms in total. The molecule has 2 amide bonds. The van der Waals surface area contributed by atoms with E-state index in [1.165, 1.54) is 6.42 Å². The number of urea groups is 1. The molecular formula is C16H30N2O3. The molecule has 0 aromatic heterocycles. The molecule has 5 heteroatoms. The van der Waals surface area contributed by atoms with Crippen molar-refractivity contribution in [1.29, 1.82) is 0 Å². The molecule has 1 atom stereocenters. The molecule has 1 aliphatic rings. The lowest BCUT2D eigenvalue weighted by molar-refractivity contribution is -0.149. The lowest BCUT2D eigenvalue weighted by Gasteiger charge is -2.39. The number of carbonyl (C=O) groups is 2. The number of rotatable bonds is 6. The Bertz CT molecular complexity index is 376. The summed E-state index contributed by atoms with van der Waals surface area (Å²) in [6.45, 7) is 8.23. The standard InChI is InChI=1S/C16H30N2O3/c1-5-16(6-2,13(19)20)11-17-14(21)18-12-9-7-8-10-15(12,3)4/h12H,5-11H2,1-4H3,(H,19,20)(H2,17,18,21). The second kappa shape index (κ2) is 7.14. The van der Waals surface area contributed by atoms with E-state index in [0.717, 1.165) is 19.3 Å². The smallest absolute Gasteiger partial charge is 0.315 e. The van der Waals surface area contributed by atoms with Gasteiger partial charge in [0.2, 0.25) is 0 Å². The van der Waals surface area contributed by atoms with Crippen molar-refractivity contribution in [3.8, 4) is 0 Å². The molecule has 1 fully saturated rings. The molecule has 0 radical (unpaired) electrons. The summed E-state index contributed by atoms with van der Waals surface area (Å²) in [5.74, 6) is -0.842. The van der Waals surface area contributed by atoms with Crippen LogP contribution in [0.5, 0.6) is 0 Å². The van der Waals surface area contributed by atoms with E-state index in [4.69, 9.17) is 0 Å². The summed E-state index contributed by atoms with van der Waals surface area (Å²) in [6, 6.07) is -0.0868. The Morgan fingerprint density at radius 2 is 1.86 bits per heavy atom. The maximum atomic E-state index is 12.1. The maximum Gasteiger partial charge on any atom is 0.315 e. The van der Waals surface area contributed by atoms with Crippen molar-refractivity contribution < 1.29 is 14.7 Å². The van der Waals surface area contributed by atoms with Gasteiger partial charge in [-0.15, -0.1) is 0 Å². The summed E-state index contributed by atoms with van der Waals surface area (Å²) in [5, 5.41) is 15.2. The van der Waals surface area contributed by atoms with Crippen molar-refractivity contribution >= 4 is 12.0 Å². The van der Waals surface area contributed by atoms with Gasteiger partial charge in [0.05, 0.1) is 5.41 Å². The van der Waals surface area contributed by atoms with Crippen LogP contribution < -0.4 is 10.6 Å². The molecule has 0 saturated heterocycles. The van der Waals surface area contributed by atoms with E-state index in [-0.39, 0.29) is 24.0 Å². The highest BCUT2D eigenvalue weighted by atomic mass is 16.4. The van der Waals surface area contributed by atoms with Crippen LogP contribution in [0, 0.1) is 10.8 Å². The van der Waals surface area contributed by atoms with Crippen molar-refractivity contribution in [2.45, 2.75) is 72.3 Å². The fourth-order valence-electron chi connectivity index (χ4n) is 3.10. The Balaban J connectivity index is 2.55. The third-order valence-electron chi connectivity index (χ3n) is 5.21. The van der Waals surface area contributed by atoms with Crippen LogP contribution in [0.15, 0.2) is 0 Å². The van der Waals surface area contributed by atoms with Crippen molar-refractivity contribution in [2.24, 2.45) is 10.8 Å². The number of hydrogen-bond donors (Lipinski definition) is 3. The summed E-state index contributed by atoms with van der Waals surface area (Å²) < 4.78 is 0. The number of carboxylic acids is 1. The van der Waals surface area contributed by atoms with Crippen molar-refractivity contribution in [2.75, 3.05) is 6.54 Å². The first-order valence-electron chi connectivity index (χ1n) is 8.05. The summed E-state index contributed by atoms with van der Waals surface area (Å²) in [5.41, 5.74) is -0.756. The lowest BCUT2D eigenvalue weighted by Crippen LogP contribution is -2.52. The van der Waals surface area contributed by atoms with Gasteiger partial charge in [-0.1, -0.05) is 40.5 Å². The number of carbonyl (C=O) groups excluding carboxylic acids is 1. The van der Waals surface area contributed by atoms with Crippen LogP contribution in [-0.4, -0.2) is 29.7 Å². The van der Waals surface area contributed by atoms with Gasteiger partial charge in [-0.2, -0.15) is 0 Å². The van der Waals surface area contributed by atoms with Gasteiger partial charge < -0.3 is 15.7 Å². The first-order chi connectivity index (χ1) is 9.77. The SMILES string of the molecule is CCC(CC)(CNC(=O)NC1CCCCC1(C)C)C(=O)O. The molecule has 1 unspecified atom stereocenters. The molecular weight excluding hydrogens is 268 g/mol. The molecule has 0 bridgehead atoms. The number of aliphatic carboxylic acids is 1. The van der Waals surface area contributed by atoms with E-state index in [9.17, 15) is 14.7 Å². The molecule has 0 spiro atoms. The van der Waals surface area contributed by atoms with Gasteiger partial charge in [-0.05, 0) is 31.1 Å². The molecule has 21 heavy (non-hydrogen) atoms. The average molecular weight is 298 g/mol. The molecule has 0 aromatic rings. The zero-order valence-electron chi connectivity index (χ0n) is 13.8. The first-order valence-corrected chi connectivity index (χ1v) is 8.05. The second-order valence-corrected chi connectivity index (χ2v) is 6.91. The highest BCUT2D eigenvalue weighted by Gasteiger charge is 2.36.